The van der Waals surface area contributed by atoms with Gasteiger partial charge in [0, 0.05) is 29.6 Å². The van der Waals surface area contributed by atoms with Crippen molar-refractivity contribution in [2.45, 2.75) is 5.37 Å². The third kappa shape index (κ3) is 3.64. The van der Waals surface area contributed by atoms with E-state index in [1.165, 1.54) is 0 Å². The van der Waals surface area contributed by atoms with Gasteiger partial charge in [0.25, 0.3) is 0 Å². The maximum atomic E-state index is 13.0. The fourth-order valence-corrected chi connectivity index (χ4v) is 4.55. The number of anilines is 1. The second-order valence-corrected chi connectivity index (χ2v) is 7.50. The first-order chi connectivity index (χ1) is 13.7. The van der Waals surface area contributed by atoms with Crippen LogP contribution in [0.3, 0.4) is 0 Å². The molecule has 0 aliphatic carbocycles. The highest BCUT2D eigenvalue weighted by molar-refractivity contribution is 7.99. The number of urea groups is 1. The minimum absolute atomic E-state index is 0.151. The Kier molecular flexibility index (Phi) is 5.38. The molecule has 0 radical (unpaired) electrons. The molecule has 2 aliphatic heterocycles. The third-order valence-electron chi connectivity index (χ3n) is 4.65. The van der Waals surface area contributed by atoms with Crippen LogP contribution in [0.4, 0.5) is 10.5 Å². The molecule has 2 aliphatic rings. The maximum Gasteiger partial charge on any atom is 0.323 e. The van der Waals surface area contributed by atoms with Crippen LogP contribution in [0.1, 0.15) is 10.9 Å². The van der Waals surface area contributed by atoms with Crippen molar-refractivity contribution in [3.05, 3.63) is 42.0 Å². The van der Waals surface area contributed by atoms with Gasteiger partial charge in [0.2, 0.25) is 0 Å². The lowest BCUT2D eigenvalue weighted by Crippen LogP contribution is -2.34. The number of ether oxygens (including phenoxy) is 4. The fraction of sp³-hybridized carbons (Fsp3) is 0.350. The van der Waals surface area contributed by atoms with Gasteiger partial charge in [-0.05, 0) is 30.3 Å². The molecule has 0 bridgehead atoms. The number of carbonyl (C=O) groups is 1. The number of hydrogen-bond acceptors (Lipinski definition) is 6. The van der Waals surface area contributed by atoms with E-state index >= 15 is 0 Å². The van der Waals surface area contributed by atoms with Gasteiger partial charge in [-0.2, -0.15) is 0 Å². The molecule has 0 saturated carbocycles. The van der Waals surface area contributed by atoms with Gasteiger partial charge in [0.15, 0.2) is 11.5 Å². The zero-order valence-corrected chi connectivity index (χ0v) is 16.6. The van der Waals surface area contributed by atoms with Gasteiger partial charge in [-0.25, -0.2) is 4.79 Å². The van der Waals surface area contributed by atoms with Gasteiger partial charge >= 0.3 is 6.03 Å². The molecule has 0 aromatic heterocycles. The zero-order chi connectivity index (χ0) is 19.5. The minimum Gasteiger partial charge on any atom is -0.497 e. The second-order valence-electron chi connectivity index (χ2n) is 6.31. The van der Waals surface area contributed by atoms with Crippen LogP contribution in [-0.2, 0) is 0 Å². The number of thioether (sulfide) groups is 1. The molecule has 0 spiro atoms. The Balaban J connectivity index is 1.54. The molecular weight excluding hydrogens is 380 g/mol. The molecule has 2 aromatic carbocycles. The summed E-state index contributed by atoms with van der Waals surface area (Å²) < 4.78 is 22.0. The Morgan fingerprint density at radius 3 is 2.71 bits per heavy atom. The second kappa shape index (κ2) is 8.10. The van der Waals surface area contributed by atoms with Crippen LogP contribution in [0, 0.1) is 0 Å². The SMILES string of the molecule is COc1ccc(OC)c(C2SCCN2C(=O)Nc2ccc3c(c2)OCCO3)c1. The first kappa shape index (κ1) is 18.6. The van der Waals surface area contributed by atoms with E-state index in [0.717, 1.165) is 22.8 Å². The summed E-state index contributed by atoms with van der Waals surface area (Å²) in [6.07, 6.45) is 0. The molecular formula is C20H22N2O5S. The zero-order valence-electron chi connectivity index (χ0n) is 15.8. The highest BCUT2D eigenvalue weighted by Crippen LogP contribution is 2.43. The van der Waals surface area contributed by atoms with Crippen LogP contribution >= 0.6 is 11.8 Å². The van der Waals surface area contributed by atoms with Crippen molar-refractivity contribution in [3.8, 4) is 23.0 Å². The van der Waals surface area contributed by atoms with Crippen molar-refractivity contribution in [1.82, 2.24) is 4.90 Å². The molecule has 2 heterocycles. The van der Waals surface area contributed by atoms with Gasteiger partial charge in [-0.1, -0.05) is 0 Å². The van der Waals surface area contributed by atoms with Gasteiger partial charge in [0.1, 0.15) is 30.1 Å². The van der Waals surface area contributed by atoms with Gasteiger partial charge < -0.3 is 29.2 Å². The Labute approximate surface area is 167 Å². The number of fused-ring (bicyclic) bond motifs is 1. The molecule has 1 atom stereocenters. The van der Waals surface area contributed by atoms with E-state index in [4.69, 9.17) is 18.9 Å². The van der Waals surface area contributed by atoms with Crippen molar-refractivity contribution in [1.29, 1.82) is 0 Å². The minimum atomic E-state index is -0.170. The average Bonchev–Trinajstić information content (AvgIpc) is 3.23. The van der Waals surface area contributed by atoms with Crippen LogP contribution in [0.15, 0.2) is 36.4 Å². The Morgan fingerprint density at radius 2 is 1.93 bits per heavy atom. The largest absolute Gasteiger partial charge is 0.497 e. The molecule has 1 saturated heterocycles. The lowest BCUT2D eigenvalue weighted by molar-refractivity contribution is 0.171. The van der Waals surface area contributed by atoms with Crippen molar-refractivity contribution >= 4 is 23.5 Å². The fourth-order valence-electron chi connectivity index (χ4n) is 3.28. The van der Waals surface area contributed by atoms with Crippen molar-refractivity contribution < 1.29 is 23.7 Å². The van der Waals surface area contributed by atoms with Gasteiger partial charge in [-0.3, -0.25) is 0 Å². The molecule has 28 heavy (non-hydrogen) atoms. The summed E-state index contributed by atoms with van der Waals surface area (Å²) in [6.45, 7) is 1.69. The van der Waals surface area contributed by atoms with Crippen LogP contribution in [0.5, 0.6) is 23.0 Å². The molecule has 1 N–H and O–H groups in total. The Bertz CT molecular complexity index is 876. The van der Waals surface area contributed by atoms with E-state index in [9.17, 15) is 4.79 Å². The number of benzene rings is 2. The lowest BCUT2D eigenvalue weighted by atomic mass is 10.1. The number of nitrogens with zero attached hydrogens (tertiary/aromatic N) is 1. The molecule has 1 unspecified atom stereocenters. The summed E-state index contributed by atoms with van der Waals surface area (Å²) in [5, 5.41) is 2.82. The molecule has 1 fully saturated rings. The smallest absolute Gasteiger partial charge is 0.323 e. The van der Waals surface area contributed by atoms with E-state index in [-0.39, 0.29) is 11.4 Å². The lowest BCUT2D eigenvalue weighted by Gasteiger charge is -2.26. The van der Waals surface area contributed by atoms with Gasteiger partial charge in [0.05, 0.1) is 14.2 Å². The van der Waals surface area contributed by atoms with Gasteiger partial charge in [-0.15, -0.1) is 11.8 Å². The summed E-state index contributed by atoms with van der Waals surface area (Å²) in [7, 11) is 3.25. The summed E-state index contributed by atoms with van der Waals surface area (Å²) in [4.78, 5) is 14.8. The molecule has 2 aromatic rings. The monoisotopic (exact) mass is 402 g/mol. The van der Waals surface area contributed by atoms with Crippen LogP contribution in [0.25, 0.3) is 0 Å². The van der Waals surface area contributed by atoms with E-state index in [1.54, 1.807) is 36.9 Å². The standard InChI is InChI=1S/C20H22N2O5S/c1-24-14-4-6-16(25-2)15(12-14)19-22(7-10-28-19)20(23)21-13-3-5-17-18(11-13)27-9-8-26-17/h3-6,11-12,19H,7-10H2,1-2H3,(H,21,23). The molecule has 7 nitrogen and oxygen atoms in total. The summed E-state index contributed by atoms with van der Waals surface area (Å²) in [5.41, 5.74) is 1.59. The number of methoxy groups -OCH3 is 2. The van der Waals surface area contributed by atoms with Crippen LogP contribution in [0.2, 0.25) is 0 Å². The van der Waals surface area contributed by atoms with Crippen LogP contribution in [-0.4, -0.2) is 50.7 Å². The van der Waals surface area contributed by atoms with E-state index in [0.29, 0.717) is 36.9 Å². The molecule has 148 valence electrons. The van der Waals surface area contributed by atoms with Crippen molar-refractivity contribution in [2.75, 3.05) is 45.0 Å². The summed E-state index contributed by atoms with van der Waals surface area (Å²) in [6, 6.07) is 10.9. The first-order valence-corrected chi connectivity index (χ1v) is 10.1. The predicted molar refractivity (Wildman–Crippen MR) is 108 cm³/mol. The third-order valence-corrected chi connectivity index (χ3v) is 5.89. The topological polar surface area (TPSA) is 69.3 Å². The van der Waals surface area contributed by atoms with E-state index < -0.39 is 0 Å². The average molecular weight is 402 g/mol. The Morgan fingerprint density at radius 1 is 1.11 bits per heavy atom. The number of amides is 2. The summed E-state index contributed by atoms with van der Waals surface area (Å²) in [5.74, 6) is 3.65. The molecule has 8 heteroatoms. The van der Waals surface area contributed by atoms with Crippen molar-refractivity contribution in [3.63, 3.8) is 0 Å². The summed E-state index contributed by atoms with van der Waals surface area (Å²) >= 11 is 1.70. The maximum absolute atomic E-state index is 13.0. The van der Waals surface area contributed by atoms with Crippen LogP contribution < -0.4 is 24.3 Å². The number of nitrogens with one attached hydrogen (secondary N) is 1. The highest BCUT2D eigenvalue weighted by Gasteiger charge is 2.33. The number of hydrogen-bond donors (Lipinski definition) is 1. The van der Waals surface area contributed by atoms with E-state index in [1.807, 2.05) is 30.3 Å². The molecule has 4 rings (SSSR count). The first-order valence-electron chi connectivity index (χ1n) is 9.00. The Hall–Kier alpha value is -2.74. The normalized spacial score (nSPS) is 17.9. The number of rotatable bonds is 4. The quantitative estimate of drug-likeness (QED) is 0.840. The predicted octanol–water partition coefficient (Wildman–Crippen LogP) is 3.75. The highest BCUT2D eigenvalue weighted by atomic mass is 32.2. The molecule has 2 amide bonds. The van der Waals surface area contributed by atoms with E-state index in [2.05, 4.69) is 5.32 Å². The van der Waals surface area contributed by atoms with Crippen molar-refractivity contribution in [2.24, 2.45) is 0 Å². The number of carbonyl (C=O) groups excluding carboxylic acids is 1.